The fourth-order valence-corrected chi connectivity index (χ4v) is 1.52. The normalized spacial score (nSPS) is 12.6. The number of methoxy groups -OCH3 is 1. The van der Waals surface area contributed by atoms with Crippen molar-refractivity contribution in [2.24, 2.45) is 0 Å². The third-order valence-electron chi connectivity index (χ3n) is 2.49. The minimum absolute atomic E-state index is 0.00671. The molecule has 0 aliphatic rings. The van der Waals surface area contributed by atoms with Crippen molar-refractivity contribution in [3.05, 3.63) is 23.3 Å². The summed E-state index contributed by atoms with van der Waals surface area (Å²) in [4.78, 5) is 0. The number of benzene rings is 1. The van der Waals surface area contributed by atoms with Gasteiger partial charge in [-0.1, -0.05) is 20.8 Å². The molecule has 0 unspecified atom stereocenters. The zero-order valence-corrected chi connectivity index (χ0v) is 10.3. The maximum atomic E-state index is 12.8. The van der Waals surface area contributed by atoms with Crippen LogP contribution in [0.25, 0.3) is 0 Å². The summed E-state index contributed by atoms with van der Waals surface area (Å²) in [5, 5.41) is 0. The topological polar surface area (TPSA) is 35.2 Å². The van der Waals surface area contributed by atoms with Gasteiger partial charge in [-0.05, 0) is 23.1 Å². The first kappa shape index (κ1) is 13.7. The molecule has 0 spiro atoms. The first-order valence-corrected chi connectivity index (χ1v) is 5.12. The Hall–Kier alpha value is -1.39. The molecule has 1 aromatic rings. The molecule has 96 valence electrons. The lowest BCUT2D eigenvalue weighted by molar-refractivity contribution is -0.138. The van der Waals surface area contributed by atoms with Gasteiger partial charge in [-0.2, -0.15) is 13.2 Å². The standard InChI is InChI=1S/C12H16F3NO/c1-11(2,3)7-5-8(12(13,14)15)10(17-4)9(16)6-7/h5-6H,16H2,1-4H3. The van der Waals surface area contributed by atoms with Crippen LogP contribution in [0.1, 0.15) is 31.9 Å². The number of alkyl halides is 3. The van der Waals surface area contributed by atoms with Gasteiger partial charge in [-0.3, -0.25) is 0 Å². The van der Waals surface area contributed by atoms with E-state index in [1.165, 1.54) is 13.2 Å². The fourth-order valence-electron chi connectivity index (χ4n) is 1.52. The van der Waals surface area contributed by atoms with Crippen molar-refractivity contribution < 1.29 is 17.9 Å². The molecule has 0 fully saturated rings. The van der Waals surface area contributed by atoms with E-state index in [1.54, 1.807) is 0 Å². The highest BCUT2D eigenvalue weighted by molar-refractivity contribution is 5.60. The van der Waals surface area contributed by atoms with E-state index in [0.29, 0.717) is 5.56 Å². The lowest BCUT2D eigenvalue weighted by Gasteiger charge is -2.23. The number of ether oxygens (including phenoxy) is 1. The van der Waals surface area contributed by atoms with Gasteiger partial charge in [0.1, 0.15) is 0 Å². The van der Waals surface area contributed by atoms with Gasteiger partial charge in [0.05, 0.1) is 18.4 Å². The smallest absolute Gasteiger partial charge is 0.420 e. The highest BCUT2D eigenvalue weighted by Gasteiger charge is 2.36. The average molecular weight is 247 g/mol. The molecule has 0 atom stereocenters. The minimum Gasteiger partial charge on any atom is -0.494 e. The molecule has 0 aromatic heterocycles. The predicted octanol–water partition coefficient (Wildman–Crippen LogP) is 3.59. The summed E-state index contributed by atoms with van der Waals surface area (Å²) >= 11 is 0. The summed E-state index contributed by atoms with van der Waals surface area (Å²) in [7, 11) is 1.18. The Kier molecular flexibility index (Phi) is 3.32. The van der Waals surface area contributed by atoms with E-state index in [9.17, 15) is 13.2 Å². The van der Waals surface area contributed by atoms with E-state index in [0.717, 1.165) is 6.07 Å². The predicted molar refractivity (Wildman–Crippen MR) is 61.1 cm³/mol. The van der Waals surface area contributed by atoms with E-state index < -0.39 is 17.2 Å². The molecule has 1 rings (SSSR count). The molecular weight excluding hydrogens is 231 g/mol. The number of hydrogen-bond donors (Lipinski definition) is 1. The Bertz CT molecular complexity index is 419. The van der Waals surface area contributed by atoms with Crippen LogP contribution in [0.4, 0.5) is 18.9 Å². The first-order chi connectivity index (χ1) is 7.57. The zero-order valence-electron chi connectivity index (χ0n) is 10.3. The van der Waals surface area contributed by atoms with Crippen LogP contribution in [0.2, 0.25) is 0 Å². The molecule has 1 aromatic carbocycles. The number of nitrogens with two attached hydrogens (primary N) is 1. The van der Waals surface area contributed by atoms with Crippen molar-refractivity contribution in [3.8, 4) is 5.75 Å². The summed E-state index contributed by atoms with van der Waals surface area (Å²) in [6.07, 6.45) is -4.47. The quantitative estimate of drug-likeness (QED) is 0.769. The van der Waals surface area contributed by atoms with Crippen LogP contribution in [0.3, 0.4) is 0 Å². The van der Waals surface area contributed by atoms with Crippen molar-refractivity contribution in [2.45, 2.75) is 32.4 Å². The van der Waals surface area contributed by atoms with Gasteiger partial charge in [0.15, 0.2) is 5.75 Å². The second-order valence-corrected chi connectivity index (χ2v) is 4.89. The first-order valence-electron chi connectivity index (χ1n) is 5.12. The number of nitrogen functional groups attached to an aromatic ring is 1. The van der Waals surface area contributed by atoms with Crippen molar-refractivity contribution in [1.82, 2.24) is 0 Å². The Labute approximate surface area is 98.6 Å². The van der Waals surface area contributed by atoms with Gasteiger partial charge in [0.2, 0.25) is 0 Å². The summed E-state index contributed by atoms with van der Waals surface area (Å²) in [6.45, 7) is 5.48. The van der Waals surface area contributed by atoms with E-state index in [4.69, 9.17) is 10.5 Å². The second kappa shape index (κ2) is 4.13. The lowest BCUT2D eigenvalue weighted by Crippen LogP contribution is -2.16. The lowest BCUT2D eigenvalue weighted by atomic mass is 9.85. The van der Waals surface area contributed by atoms with Crippen LogP contribution >= 0.6 is 0 Å². The molecule has 0 heterocycles. The van der Waals surface area contributed by atoms with Gasteiger partial charge in [0, 0.05) is 0 Å². The molecule has 0 saturated carbocycles. The summed E-state index contributed by atoms with van der Waals surface area (Å²) in [6, 6.07) is 2.61. The third kappa shape index (κ3) is 2.84. The number of hydrogen-bond acceptors (Lipinski definition) is 2. The Morgan fingerprint density at radius 2 is 1.65 bits per heavy atom. The minimum atomic E-state index is -4.47. The maximum absolute atomic E-state index is 12.8. The highest BCUT2D eigenvalue weighted by Crippen LogP contribution is 2.42. The van der Waals surface area contributed by atoms with Gasteiger partial charge < -0.3 is 10.5 Å². The summed E-state index contributed by atoms with van der Waals surface area (Å²) in [5.74, 6) is -0.314. The van der Waals surface area contributed by atoms with Gasteiger partial charge in [-0.25, -0.2) is 0 Å². The molecule has 17 heavy (non-hydrogen) atoms. The second-order valence-electron chi connectivity index (χ2n) is 4.89. The van der Waals surface area contributed by atoms with Crippen LogP contribution in [-0.2, 0) is 11.6 Å². The molecule has 0 aliphatic heterocycles. The van der Waals surface area contributed by atoms with E-state index in [2.05, 4.69) is 0 Å². The molecule has 2 N–H and O–H groups in total. The third-order valence-corrected chi connectivity index (χ3v) is 2.49. The largest absolute Gasteiger partial charge is 0.494 e. The van der Waals surface area contributed by atoms with E-state index in [-0.39, 0.29) is 11.4 Å². The Morgan fingerprint density at radius 3 is 2.00 bits per heavy atom. The number of rotatable bonds is 1. The number of anilines is 1. The van der Waals surface area contributed by atoms with Gasteiger partial charge in [-0.15, -0.1) is 0 Å². The highest BCUT2D eigenvalue weighted by atomic mass is 19.4. The van der Waals surface area contributed by atoms with Crippen LogP contribution in [0.15, 0.2) is 12.1 Å². The Morgan fingerprint density at radius 1 is 1.12 bits per heavy atom. The zero-order chi connectivity index (χ0) is 13.4. The van der Waals surface area contributed by atoms with Crippen molar-refractivity contribution in [1.29, 1.82) is 0 Å². The van der Waals surface area contributed by atoms with Gasteiger partial charge >= 0.3 is 6.18 Å². The van der Waals surface area contributed by atoms with Crippen molar-refractivity contribution in [2.75, 3.05) is 12.8 Å². The molecule has 0 bridgehead atoms. The molecule has 0 amide bonds. The molecule has 0 radical (unpaired) electrons. The van der Waals surface area contributed by atoms with Crippen LogP contribution < -0.4 is 10.5 Å². The molecule has 5 heteroatoms. The van der Waals surface area contributed by atoms with Crippen LogP contribution in [-0.4, -0.2) is 7.11 Å². The van der Waals surface area contributed by atoms with E-state index in [1.807, 2.05) is 20.8 Å². The van der Waals surface area contributed by atoms with Gasteiger partial charge in [0.25, 0.3) is 0 Å². The Balaban J connectivity index is 3.51. The van der Waals surface area contributed by atoms with Crippen LogP contribution in [0, 0.1) is 0 Å². The van der Waals surface area contributed by atoms with E-state index >= 15 is 0 Å². The van der Waals surface area contributed by atoms with Crippen molar-refractivity contribution >= 4 is 5.69 Å². The monoisotopic (exact) mass is 247 g/mol. The summed E-state index contributed by atoms with van der Waals surface area (Å²) in [5.41, 5.74) is 4.91. The molecule has 0 saturated heterocycles. The van der Waals surface area contributed by atoms with Crippen LogP contribution in [0.5, 0.6) is 5.75 Å². The fraction of sp³-hybridized carbons (Fsp3) is 0.500. The summed E-state index contributed by atoms with van der Waals surface area (Å²) < 4.78 is 43.3. The molecular formula is C12H16F3NO. The molecule has 0 aliphatic carbocycles. The SMILES string of the molecule is COc1c(N)cc(C(C)(C)C)cc1C(F)(F)F. The van der Waals surface area contributed by atoms with Crippen molar-refractivity contribution in [3.63, 3.8) is 0 Å². The number of halogens is 3. The average Bonchev–Trinajstić information content (AvgIpc) is 2.13. The maximum Gasteiger partial charge on any atom is 0.420 e. The molecule has 2 nitrogen and oxygen atoms in total.